The molecule has 0 radical (unpaired) electrons. The van der Waals surface area contributed by atoms with Crippen molar-refractivity contribution in [2.24, 2.45) is 5.73 Å². The maximum Gasteiger partial charge on any atom is 0.0644 e. The predicted octanol–water partition coefficient (Wildman–Crippen LogP) is 0.926. The molecule has 0 saturated carbocycles. The summed E-state index contributed by atoms with van der Waals surface area (Å²) in [5, 5.41) is 0. The molecule has 0 fully saturated rings. The molecular formula is C7H15NO. The van der Waals surface area contributed by atoms with Crippen molar-refractivity contribution >= 4 is 0 Å². The van der Waals surface area contributed by atoms with Gasteiger partial charge in [-0.2, -0.15) is 0 Å². The van der Waals surface area contributed by atoms with Gasteiger partial charge in [0.2, 0.25) is 0 Å². The van der Waals surface area contributed by atoms with E-state index in [1.165, 1.54) is 0 Å². The number of methoxy groups -OCH3 is 1. The molecule has 0 bridgehead atoms. The van der Waals surface area contributed by atoms with Gasteiger partial charge in [-0.25, -0.2) is 0 Å². The molecule has 0 aliphatic heterocycles. The third kappa shape index (κ3) is 5.53. The lowest BCUT2D eigenvalue weighted by Crippen LogP contribution is -2.14. The molecule has 0 aliphatic carbocycles. The van der Waals surface area contributed by atoms with E-state index < -0.39 is 0 Å². The van der Waals surface area contributed by atoms with Crippen LogP contribution in [0.5, 0.6) is 0 Å². The van der Waals surface area contributed by atoms with Gasteiger partial charge in [0.15, 0.2) is 0 Å². The van der Waals surface area contributed by atoms with E-state index in [9.17, 15) is 0 Å². The molecule has 1 unspecified atom stereocenters. The van der Waals surface area contributed by atoms with Crippen LogP contribution in [-0.2, 0) is 4.74 Å². The average Bonchev–Trinajstić information content (AvgIpc) is 1.89. The van der Waals surface area contributed by atoms with Crippen molar-refractivity contribution in [3.05, 3.63) is 12.2 Å². The lowest BCUT2D eigenvalue weighted by Gasteiger charge is -1.98. The molecule has 0 aromatic rings. The van der Waals surface area contributed by atoms with Gasteiger partial charge in [-0.1, -0.05) is 19.1 Å². The molecule has 0 saturated heterocycles. The predicted molar refractivity (Wildman–Crippen MR) is 39.3 cm³/mol. The number of hydrogen-bond acceptors (Lipinski definition) is 2. The van der Waals surface area contributed by atoms with Crippen molar-refractivity contribution in [1.82, 2.24) is 0 Å². The van der Waals surface area contributed by atoms with E-state index >= 15 is 0 Å². The van der Waals surface area contributed by atoms with Crippen LogP contribution in [0.4, 0.5) is 0 Å². The second-order valence-corrected chi connectivity index (χ2v) is 1.96. The van der Waals surface area contributed by atoms with Crippen molar-refractivity contribution in [3.8, 4) is 0 Å². The van der Waals surface area contributed by atoms with Crippen molar-refractivity contribution < 1.29 is 4.74 Å². The lowest BCUT2D eigenvalue weighted by atomic mass is 10.2. The maximum atomic E-state index is 5.57. The van der Waals surface area contributed by atoms with Crippen LogP contribution in [0.25, 0.3) is 0 Å². The highest BCUT2D eigenvalue weighted by Crippen LogP contribution is 1.87. The van der Waals surface area contributed by atoms with E-state index in [2.05, 4.69) is 6.92 Å². The number of ether oxygens (including phenoxy) is 1. The van der Waals surface area contributed by atoms with Crippen molar-refractivity contribution in [3.63, 3.8) is 0 Å². The first kappa shape index (κ1) is 8.66. The SMILES string of the molecule is CCC(N)/C=C\COC. The molecule has 0 rings (SSSR count). The Labute approximate surface area is 56.7 Å². The van der Waals surface area contributed by atoms with Crippen molar-refractivity contribution in [2.45, 2.75) is 19.4 Å². The monoisotopic (exact) mass is 129 g/mol. The second-order valence-electron chi connectivity index (χ2n) is 1.96. The third-order valence-corrected chi connectivity index (χ3v) is 1.12. The molecule has 2 heteroatoms. The summed E-state index contributed by atoms with van der Waals surface area (Å²) in [5.74, 6) is 0. The molecule has 2 nitrogen and oxygen atoms in total. The molecule has 0 aromatic carbocycles. The highest BCUT2D eigenvalue weighted by molar-refractivity contribution is 4.90. The first-order valence-corrected chi connectivity index (χ1v) is 3.22. The van der Waals surface area contributed by atoms with Gasteiger partial charge >= 0.3 is 0 Å². The van der Waals surface area contributed by atoms with Gasteiger partial charge in [-0.3, -0.25) is 0 Å². The van der Waals surface area contributed by atoms with Crippen molar-refractivity contribution in [1.29, 1.82) is 0 Å². The van der Waals surface area contributed by atoms with Crippen LogP contribution in [0.1, 0.15) is 13.3 Å². The van der Waals surface area contributed by atoms with Crippen LogP contribution in [0.2, 0.25) is 0 Å². The zero-order chi connectivity index (χ0) is 7.11. The Hall–Kier alpha value is -0.340. The summed E-state index contributed by atoms with van der Waals surface area (Å²) in [4.78, 5) is 0. The topological polar surface area (TPSA) is 35.2 Å². The molecule has 2 N–H and O–H groups in total. The van der Waals surface area contributed by atoms with Gasteiger partial charge in [-0.15, -0.1) is 0 Å². The largest absolute Gasteiger partial charge is 0.381 e. The summed E-state index contributed by atoms with van der Waals surface area (Å²) in [5.41, 5.74) is 5.57. The molecule has 0 aliphatic rings. The van der Waals surface area contributed by atoms with E-state index in [-0.39, 0.29) is 6.04 Å². The minimum absolute atomic E-state index is 0.195. The fraction of sp³-hybridized carbons (Fsp3) is 0.714. The Balaban J connectivity index is 3.20. The molecular weight excluding hydrogens is 114 g/mol. The Morgan fingerprint density at radius 1 is 1.67 bits per heavy atom. The molecule has 0 amide bonds. The van der Waals surface area contributed by atoms with E-state index in [1.54, 1.807) is 7.11 Å². The summed E-state index contributed by atoms with van der Waals surface area (Å²) >= 11 is 0. The highest BCUT2D eigenvalue weighted by Gasteiger charge is 1.87. The van der Waals surface area contributed by atoms with Crippen LogP contribution in [-0.4, -0.2) is 19.8 Å². The molecule has 54 valence electrons. The van der Waals surface area contributed by atoms with Crippen LogP contribution >= 0.6 is 0 Å². The standard InChI is InChI=1S/C7H15NO/c1-3-7(8)5-4-6-9-2/h4-5,7H,3,6,8H2,1-2H3/b5-4-. The number of hydrogen-bond donors (Lipinski definition) is 1. The van der Waals surface area contributed by atoms with Crippen LogP contribution < -0.4 is 5.73 Å². The van der Waals surface area contributed by atoms with Crippen LogP contribution in [0.15, 0.2) is 12.2 Å². The maximum absolute atomic E-state index is 5.57. The fourth-order valence-electron chi connectivity index (χ4n) is 0.463. The summed E-state index contributed by atoms with van der Waals surface area (Å²) in [6, 6.07) is 0.195. The number of nitrogens with two attached hydrogens (primary N) is 1. The van der Waals surface area contributed by atoms with E-state index in [1.807, 2.05) is 12.2 Å². The Morgan fingerprint density at radius 2 is 2.33 bits per heavy atom. The Bertz CT molecular complexity index is 81.0. The minimum atomic E-state index is 0.195. The quantitative estimate of drug-likeness (QED) is 0.573. The molecule has 1 atom stereocenters. The summed E-state index contributed by atoms with van der Waals surface area (Å²) in [7, 11) is 1.67. The molecule has 9 heavy (non-hydrogen) atoms. The van der Waals surface area contributed by atoms with Crippen molar-refractivity contribution in [2.75, 3.05) is 13.7 Å². The summed E-state index contributed by atoms with van der Waals surface area (Å²) in [6.07, 6.45) is 4.89. The van der Waals surface area contributed by atoms with Gasteiger partial charge in [0, 0.05) is 13.2 Å². The first-order valence-electron chi connectivity index (χ1n) is 3.22. The normalized spacial score (nSPS) is 14.6. The van der Waals surface area contributed by atoms with Gasteiger partial charge in [0.25, 0.3) is 0 Å². The van der Waals surface area contributed by atoms with E-state index in [0.29, 0.717) is 6.61 Å². The van der Waals surface area contributed by atoms with Gasteiger partial charge in [-0.05, 0) is 6.42 Å². The van der Waals surface area contributed by atoms with Crippen LogP contribution in [0.3, 0.4) is 0 Å². The van der Waals surface area contributed by atoms with E-state index in [0.717, 1.165) is 6.42 Å². The summed E-state index contributed by atoms with van der Waals surface area (Å²) < 4.78 is 4.79. The second kappa shape index (κ2) is 5.79. The first-order chi connectivity index (χ1) is 4.31. The molecule has 0 heterocycles. The molecule has 0 spiro atoms. The zero-order valence-electron chi connectivity index (χ0n) is 6.13. The fourth-order valence-corrected chi connectivity index (χ4v) is 0.463. The lowest BCUT2D eigenvalue weighted by molar-refractivity contribution is 0.233. The molecule has 0 aromatic heterocycles. The van der Waals surface area contributed by atoms with E-state index in [4.69, 9.17) is 10.5 Å². The smallest absolute Gasteiger partial charge is 0.0644 e. The minimum Gasteiger partial charge on any atom is -0.381 e. The Kier molecular flexibility index (Phi) is 5.57. The number of rotatable bonds is 4. The van der Waals surface area contributed by atoms with Gasteiger partial charge in [0.1, 0.15) is 0 Å². The summed E-state index contributed by atoms with van der Waals surface area (Å²) in [6.45, 7) is 2.72. The van der Waals surface area contributed by atoms with Gasteiger partial charge in [0.05, 0.1) is 6.61 Å². The third-order valence-electron chi connectivity index (χ3n) is 1.12. The Morgan fingerprint density at radius 3 is 2.78 bits per heavy atom. The average molecular weight is 129 g/mol. The van der Waals surface area contributed by atoms with Gasteiger partial charge < -0.3 is 10.5 Å². The zero-order valence-corrected chi connectivity index (χ0v) is 6.13. The van der Waals surface area contributed by atoms with Crippen LogP contribution in [0, 0.1) is 0 Å². The highest BCUT2D eigenvalue weighted by atomic mass is 16.5.